The van der Waals surface area contributed by atoms with Crippen molar-refractivity contribution in [3.8, 4) is 0 Å². The third kappa shape index (κ3) is 1.06. The van der Waals surface area contributed by atoms with E-state index in [-0.39, 0.29) is 0 Å². The molecule has 3 rings (SSSR count). The van der Waals surface area contributed by atoms with Crippen LogP contribution in [0, 0.1) is 6.92 Å². The Bertz CT molecular complexity index is 682. The average Bonchev–Trinajstić information content (AvgIpc) is 2.25. The van der Waals surface area contributed by atoms with E-state index < -0.39 is 0 Å². The van der Waals surface area contributed by atoms with Crippen molar-refractivity contribution in [2.45, 2.75) is 6.92 Å². The summed E-state index contributed by atoms with van der Waals surface area (Å²) in [5.41, 5.74) is 1.28. The molecule has 0 spiro atoms. The first kappa shape index (κ1) is 8.42. The first-order chi connectivity index (χ1) is 7.27. The molecule has 0 amide bonds. The monoisotopic (exact) mass is 193 g/mol. The van der Waals surface area contributed by atoms with Crippen LogP contribution in [0.15, 0.2) is 36.7 Å². The maximum absolute atomic E-state index is 4.23. The van der Waals surface area contributed by atoms with E-state index in [1.807, 2.05) is 12.4 Å². The zero-order valence-corrected chi connectivity index (χ0v) is 8.62. The van der Waals surface area contributed by atoms with Crippen LogP contribution in [-0.4, -0.2) is 4.98 Å². The van der Waals surface area contributed by atoms with Crippen molar-refractivity contribution in [3.63, 3.8) is 0 Å². The molecular formula is C14H11N. The van der Waals surface area contributed by atoms with Crippen LogP contribution in [-0.2, 0) is 0 Å². The molecule has 0 atom stereocenters. The lowest BCUT2D eigenvalue weighted by Gasteiger charge is -2.07. The first-order valence-corrected chi connectivity index (χ1v) is 5.02. The zero-order valence-electron chi connectivity index (χ0n) is 8.62. The van der Waals surface area contributed by atoms with Gasteiger partial charge in [-0.3, -0.25) is 4.98 Å². The summed E-state index contributed by atoms with van der Waals surface area (Å²) in [6.07, 6.45) is 3.82. The molecule has 0 saturated heterocycles. The normalized spacial score (nSPS) is 11.3. The fourth-order valence-electron chi connectivity index (χ4n) is 2.22. The Labute approximate surface area is 88.0 Å². The minimum Gasteiger partial charge on any atom is -0.263 e. The van der Waals surface area contributed by atoms with Gasteiger partial charge in [-0.2, -0.15) is 0 Å². The van der Waals surface area contributed by atoms with Gasteiger partial charge < -0.3 is 0 Å². The molecule has 0 N–H and O–H groups in total. The summed E-state index contributed by atoms with van der Waals surface area (Å²) in [6, 6.07) is 8.40. The Kier molecular flexibility index (Phi) is 1.57. The second kappa shape index (κ2) is 2.80. The Morgan fingerprint density at radius 2 is 1.60 bits per heavy atom. The molecule has 0 unspecified atom stereocenters. The Morgan fingerprint density at radius 1 is 0.933 bits per heavy atom. The third-order valence-electron chi connectivity index (χ3n) is 2.95. The molecule has 0 aliphatic heterocycles. The number of pyridine rings is 1. The highest BCUT2D eigenvalue weighted by Crippen LogP contribution is 2.25. The minimum atomic E-state index is 1.09. The van der Waals surface area contributed by atoms with Gasteiger partial charge >= 0.3 is 0 Å². The van der Waals surface area contributed by atoms with E-state index >= 15 is 0 Å². The highest BCUT2D eigenvalue weighted by molar-refractivity contribution is 6.10. The lowest BCUT2D eigenvalue weighted by molar-refractivity contribution is 1.38. The SMILES string of the molecule is C=c1ccc2cncc3ccc(C)c1c32. The molecular weight excluding hydrogens is 182 g/mol. The minimum absolute atomic E-state index is 1.09. The van der Waals surface area contributed by atoms with Gasteiger partial charge in [-0.25, -0.2) is 0 Å². The largest absolute Gasteiger partial charge is 0.263 e. The lowest BCUT2D eigenvalue weighted by atomic mass is 9.98. The third-order valence-corrected chi connectivity index (χ3v) is 2.95. The summed E-state index contributed by atoms with van der Waals surface area (Å²) in [6.45, 7) is 6.22. The molecule has 0 aliphatic rings. The summed E-state index contributed by atoms with van der Waals surface area (Å²) in [5, 5.41) is 6.04. The summed E-state index contributed by atoms with van der Waals surface area (Å²) in [5.74, 6) is 0. The van der Waals surface area contributed by atoms with Gasteiger partial charge in [-0.1, -0.05) is 30.8 Å². The number of aromatic nitrogens is 1. The smallest absolute Gasteiger partial charge is 0.0347 e. The van der Waals surface area contributed by atoms with Crippen molar-refractivity contribution in [3.05, 3.63) is 47.4 Å². The predicted molar refractivity (Wildman–Crippen MR) is 64.7 cm³/mol. The van der Waals surface area contributed by atoms with Crippen LogP contribution in [0.25, 0.3) is 28.1 Å². The van der Waals surface area contributed by atoms with E-state index in [1.165, 1.54) is 27.1 Å². The van der Waals surface area contributed by atoms with E-state index in [1.54, 1.807) is 0 Å². The molecule has 0 bridgehead atoms. The van der Waals surface area contributed by atoms with Gasteiger partial charge in [0.15, 0.2) is 0 Å². The van der Waals surface area contributed by atoms with Crippen LogP contribution in [0.3, 0.4) is 0 Å². The number of hydrogen-bond acceptors (Lipinski definition) is 1. The van der Waals surface area contributed by atoms with Gasteiger partial charge in [0.2, 0.25) is 0 Å². The molecule has 3 aromatic rings. The summed E-state index contributed by atoms with van der Waals surface area (Å²) < 4.78 is 0. The molecule has 1 aromatic heterocycles. The van der Waals surface area contributed by atoms with Crippen molar-refractivity contribution in [1.82, 2.24) is 4.98 Å². The van der Waals surface area contributed by atoms with Crippen LogP contribution >= 0.6 is 0 Å². The van der Waals surface area contributed by atoms with E-state index in [2.05, 4.69) is 42.8 Å². The van der Waals surface area contributed by atoms with Crippen LogP contribution < -0.4 is 5.22 Å². The summed E-state index contributed by atoms with van der Waals surface area (Å²) in [4.78, 5) is 4.23. The average molecular weight is 193 g/mol. The van der Waals surface area contributed by atoms with Crippen LogP contribution in [0.1, 0.15) is 5.56 Å². The molecule has 1 heterocycles. The van der Waals surface area contributed by atoms with Crippen LogP contribution in [0.4, 0.5) is 0 Å². The number of nitrogens with zero attached hydrogens (tertiary/aromatic N) is 1. The van der Waals surface area contributed by atoms with Gasteiger partial charge in [0.1, 0.15) is 0 Å². The van der Waals surface area contributed by atoms with E-state index in [0.29, 0.717) is 0 Å². The predicted octanol–water partition coefficient (Wildman–Crippen LogP) is 2.83. The Balaban J connectivity index is 2.79. The fourth-order valence-corrected chi connectivity index (χ4v) is 2.22. The highest BCUT2D eigenvalue weighted by Gasteiger charge is 2.04. The Hall–Kier alpha value is -1.89. The molecule has 0 fully saturated rings. The molecule has 0 saturated carbocycles. The second-order valence-electron chi connectivity index (χ2n) is 3.94. The lowest BCUT2D eigenvalue weighted by Crippen LogP contribution is -2.01. The maximum atomic E-state index is 4.23. The van der Waals surface area contributed by atoms with Gasteiger partial charge in [-0.05, 0) is 23.1 Å². The molecule has 0 radical (unpaired) electrons. The van der Waals surface area contributed by atoms with Gasteiger partial charge in [0.05, 0.1) is 0 Å². The Morgan fingerprint density at radius 3 is 2.33 bits per heavy atom. The van der Waals surface area contributed by atoms with Crippen LogP contribution in [0.5, 0.6) is 0 Å². The zero-order chi connectivity index (χ0) is 10.4. The quantitative estimate of drug-likeness (QED) is 0.535. The van der Waals surface area contributed by atoms with Crippen molar-refractivity contribution in [1.29, 1.82) is 0 Å². The van der Waals surface area contributed by atoms with E-state index in [0.717, 1.165) is 5.22 Å². The standard InChI is InChI=1S/C14H11N/c1-9-3-5-11-7-15-8-12-6-4-10(2)13(9)14(11)12/h3-8H,1H2,2H3. The molecule has 0 aliphatic carbocycles. The summed E-state index contributed by atoms with van der Waals surface area (Å²) in [7, 11) is 0. The number of aryl methyl sites for hydroxylation is 1. The van der Waals surface area contributed by atoms with Gasteiger partial charge in [-0.15, -0.1) is 0 Å². The van der Waals surface area contributed by atoms with Crippen LogP contribution in [0.2, 0.25) is 0 Å². The second-order valence-corrected chi connectivity index (χ2v) is 3.94. The van der Waals surface area contributed by atoms with Crippen molar-refractivity contribution < 1.29 is 0 Å². The highest BCUT2D eigenvalue weighted by atomic mass is 14.6. The first-order valence-electron chi connectivity index (χ1n) is 5.02. The van der Waals surface area contributed by atoms with E-state index in [9.17, 15) is 0 Å². The maximum Gasteiger partial charge on any atom is 0.0347 e. The topological polar surface area (TPSA) is 12.9 Å². The van der Waals surface area contributed by atoms with Crippen molar-refractivity contribution >= 4 is 28.1 Å². The van der Waals surface area contributed by atoms with Crippen molar-refractivity contribution in [2.24, 2.45) is 0 Å². The number of benzene rings is 2. The molecule has 1 heteroatoms. The molecule has 1 nitrogen and oxygen atoms in total. The number of hydrogen-bond donors (Lipinski definition) is 0. The fraction of sp³-hybridized carbons (Fsp3) is 0.0714. The molecule has 2 aromatic carbocycles. The van der Waals surface area contributed by atoms with Gasteiger partial charge in [0, 0.05) is 28.6 Å². The van der Waals surface area contributed by atoms with Crippen molar-refractivity contribution in [2.75, 3.05) is 0 Å². The summed E-state index contributed by atoms with van der Waals surface area (Å²) >= 11 is 0. The molecule has 72 valence electrons. The van der Waals surface area contributed by atoms with Gasteiger partial charge in [0.25, 0.3) is 0 Å². The van der Waals surface area contributed by atoms with E-state index in [4.69, 9.17) is 0 Å². The molecule has 15 heavy (non-hydrogen) atoms. The number of rotatable bonds is 0.